The van der Waals surface area contributed by atoms with E-state index in [1.807, 2.05) is 25.2 Å². The molecule has 15 heavy (non-hydrogen) atoms. The van der Waals surface area contributed by atoms with Gasteiger partial charge >= 0.3 is 0 Å². The fraction of sp³-hybridized carbons (Fsp3) is 0.100. The molecule has 1 aromatic carbocycles. The monoisotopic (exact) mass is 216 g/mol. The second kappa shape index (κ2) is 4.15. The molecule has 0 aliphatic heterocycles. The molecule has 0 aliphatic rings. The molecule has 0 radical (unpaired) electrons. The van der Waals surface area contributed by atoms with E-state index < -0.39 is 0 Å². The number of nitriles is 1. The Hall–Kier alpha value is -1.80. The summed E-state index contributed by atoms with van der Waals surface area (Å²) in [7, 11) is 1.84. The zero-order valence-corrected chi connectivity index (χ0v) is 8.90. The minimum Gasteiger partial charge on any atom is -0.244 e. The molecule has 0 saturated carbocycles. The van der Waals surface area contributed by atoms with E-state index in [0.717, 1.165) is 10.1 Å². The van der Waals surface area contributed by atoms with Gasteiger partial charge in [0.15, 0.2) is 5.16 Å². The summed E-state index contributed by atoms with van der Waals surface area (Å²) in [6.07, 6.45) is 1.51. The summed E-state index contributed by atoms with van der Waals surface area (Å²) in [5.41, 5.74) is 0.655. The van der Waals surface area contributed by atoms with E-state index in [2.05, 4.69) is 16.2 Å². The lowest BCUT2D eigenvalue weighted by molar-refractivity contribution is 0.685. The van der Waals surface area contributed by atoms with E-state index in [9.17, 15) is 0 Å². The third-order valence-electron chi connectivity index (χ3n) is 1.84. The Morgan fingerprint density at radius 1 is 1.47 bits per heavy atom. The van der Waals surface area contributed by atoms with Crippen LogP contribution in [0.1, 0.15) is 5.56 Å². The van der Waals surface area contributed by atoms with Crippen molar-refractivity contribution < 1.29 is 0 Å². The molecule has 1 aromatic heterocycles. The van der Waals surface area contributed by atoms with Crippen LogP contribution in [0.15, 0.2) is 40.6 Å². The van der Waals surface area contributed by atoms with E-state index in [0.29, 0.717) is 5.56 Å². The molecule has 0 saturated heterocycles. The van der Waals surface area contributed by atoms with Crippen molar-refractivity contribution in [3.8, 4) is 6.07 Å². The third-order valence-corrected chi connectivity index (χ3v) is 2.88. The number of nitrogens with zero attached hydrogens (tertiary/aromatic N) is 4. The van der Waals surface area contributed by atoms with Gasteiger partial charge in [0.1, 0.15) is 6.33 Å². The van der Waals surface area contributed by atoms with Gasteiger partial charge in [0.05, 0.1) is 11.6 Å². The van der Waals surface area contributed by atoms with Crippen molar-refractivity contribution in [3.63, 3.8) is 0 Å². The van der Waals surface area contributed by atoms with Gasteiger partial charge in [0.25, 0.3) is 0 Å². The smallest absolute Gasteiger partial charge is 0.190 e. The van der Waals surface area contributed by atoms with Crippen molar-refractivity contribution in [2.24, 2.45) is 7.05 Å². The Labute approximate surface area is 91.6 Å². The van der Waals surface area contributed by atoms with E-state index in [1.165, 1.54) is 18.1 Å². The highest BCUT2D eigenvalue weighted by Crippen LogP contribution is 2.25. The van der Waals surface area contributed by atoms with Crippen molar-refractivity contribution in [3.05, 3.63) is 36.2 Å². The van der Waals surface area contributed by atoms with Crippen LogP contribution in [0.4, 0.5) is 0 Å². The number of hydrogen-bond acceptors (Lipinski definition) is 4. The lowest BCUT2D eigenvalue weighted by Crippen LogP contribution is -1.92. The summed E-state index contributed by atoms with van der Waals surface area (Å²) in [5, 5.41) is 13.5. The fourth-order valence-electron chi connectivity index (χ4n) is 1.11. The molecule has 0 spiro atoms. The van der Waals surface area contributed by atoms with Crippen molar-refractivity contribution in [1.82, 2.24) is 14.8 Å². The second-order valence-electron chi connectivity index (χ2n) is 2.91. The number of benzene rings is 1. The van der Waals surface area contributed by atoms with Gasteiger partial charge in [0.2, 0.25) is 0 Å². The highest BCUT2D eigenvalue weighted by molar-refractivity contribution is 7.99. The SMILES string of the molecule is Cn1ncnc1Sc1cccc(C#N)c1. The number of aryl methyl sites for hydroxylation is 1. The van der Waals surface area contributed by atoms with Crippen molar-refractivity contribution in [2.75, 3.05) is 0 Å². The first kappa shape index (κ1) is 9.74. The molecule has 0 unspecified atom stereocenters. The van der Waals surface area contributed by atoms with E-state index >= 15 is 0 Å². The highest BCUT2D eigenvalue weighted by Gasteiger charge is 2.03. The highest BCUT2D eigenvalue weighted by atomic mass is 32.2. The van der Waals surface area contributed by atoms with Crippen LogP contribution in [-0.2, 0) is 7.05 Å². The predicted molar refractivity (Wildman–Crippen MR) is 56.3 cm³/mol. The van der Waals surface area contributed by atoms with Crippen LogP contribution < -0.4 is 0 Å². The predicted octanol–water partition coefficient (Wildman–Crippen LogP) is 1.84. The van der Waals surface area contributed by atoms with E-state index in [1.54, 1.807) is 10.7 Å². The molecule has 0 bridgehead atoms. The summed E-state index contributed by atoms with van der Waals surface area (Å²) >= 11 is 1.49. The van der Waals surface area contributed by atoms with Gasteiger partial charge in [-0.3, -0.25) is 0 Å². The van der Waals surface area contributed by atoms with Gasteiger partial charge in [0, 0.05) is 11.9 Å². The van der Waals surface area contributed by atoms with Gasteiger partial charge in [-0.15, -0.1) is 0 Å². The Bertz CT molecular complexity index is 512. The topological polar surface area (TPSA) is 54.5 Å². The average molecular weight is 216 g/mol. The van der Waals surface area contributed by atoms with Crippen LogP contribution in [0.25, 0.3) is 0 Å². The molecule has 0 aliphatic carbocycles. The molecule has 0 atom stereocenters. The summed E-state index contributed by atoms with van der Waals surface area (Å²) in [6.45, 7) is 0. The first-order valence-electron chi connectivity index (χ1n) is 4.31. The van der Waals surface area contributed by atoms with Gasteiger partial charge in [-0.25, -0.2) is 9.67 Å². The van der Waals surface area contributed by atoms with Gasteiger partial charge in [-0.1, -0.05) is 17.8 Å². The van der Waals surface area contributed by atoms with Crippen molar-refractivity contribution >= 4 is 11.8 Å². The Morgan fingerprint density at radius 2 is 2.33 bits per heavy atom. The van der Waals surface area contributed by atoms with Crippen LogP contribution >= 0.6 is 11.8 Å². The normalized spacial score (nSPS) is 9.87. The minimum atomic E-state index is 0.655. The molecule has 2 rings (SSSR count). The fourth-order valence-corrected chi connectivity index (χ4v) is 1.93. The minimum absolute atomic E-state index is 0.655. The van der Waals surface area contributed by atoms with Crippen molar-refractivity contribution in [1.29, 1.82) is 5.26 Å². The molecular weight excluding hydrogens is 208 g/mol. The Kier molecular flexibility index (Phi) is 2.70. The Morgan fingerprint density at radius 3 is 3.00 bits per heavy atom. The molecule has 1 heterocycles. The molecule has 74 valence electrons. The summed E-state index contributed by atoms with van der Waals surface area (Å²) in [6, 6.07) is 9.52. The zero-order chi connectivity index (χ0) is 10.7. The standard InChI is InChI=1S/C10H8N4S/c1-14-10(12-7-13-14)15-9-4-2-3-8(5-9)6-11/h2-5,7H,1H3. The van der Waals surface area contributed by atoms with Crippen LogP contribution in [-0.4, -0.2) is 14.8 Å². The Balaban J connectivity index is 2.25. The van der Waals surface area contributed by atoms with Gasteiger partial charge in [-0.2, -0.15) is 10.4 Å². The van der Waals surface area contributed by atoms with Crippen LogP contribution in [0, 0.1) is 11.3 Å². The lowest BCUT2D eigenvalue weighted by Gasteiger charge is -2.00. The summed E-state index contributed by atoms with van der Waals surface area (Å²) < 4.78 is 1.70. The maximum atomic E-state index is 8.75. The lowest BCUT2D eigenvalue weighted by atomic mass is 10.2. The quantitative estimate of drug-likeness (QED) is 0.768. The number of rotatable bonds is 2. The first-order chi connectivity index (χ1) is 7.29. The van der Waals surface area contributed by atoms with Crippen LogP contribution in [0.3, 0.4) is 0 Å². The maximum Gasteiger partial charge on any atom is 0.190 e. The third kappa shape index (κ3) is 2.17. The van der Waals surface area contributed by atoms with Gasteiger partial charge in [-0.05, 0) is 18.2 Å². The molecular formula is C10H8N4S. The average Bonchev–Trinajstić information content (AvgIpc) is 2.65. The zero-order valence-electron chi connectivity index (χ0n) is 8.08. The molecule has 4 nitrogen and oxygen atoms in total. The van der Waals surface area contributed by atoms with Crippen LogP contribution in [0.5, 0.6) is 0 Å². The summed E-state index contributed by atoms with van der Waals surface area (Å²) in [4.78, 5) is 5.09. The molecule has 0 N–H and O–H groups in total. The van der Waals surface area contributed by atoms with Crippen LogP contribution in [0.2, 0.25) is 0 Å². The van der Waals surface area contributed by atoms with Gasteiger partial charge < -0.3 is 0 Å². The molecule has 0 amide bonds. The first-order valence-corrected chi connectivity index (χ1v) is 5.13. The van der Waals surface area contributed by atoms with Crippen molar-refractivity contribution in [2.45, 2.75) is 10.1 Å². The second-order valence-corrected chi connectivity index (χ2v) is 3.95. The molecule has 5 heteroatoms. The van der Waals surface area contributed by atoms with E-state index in [-0.39, 0.29) is 0 Å². The maximum absolute atomic E-state index is 8.75. The molecule has 0 fully saturated rings. The summed E-state index contributed by atoms with van der Waals surface area (Å²) in [5.74, 6) is 0. The largest absolute Gasteiger partial charge is 0.244 e. The molecule has 2 aromatic rings. The number of aromatic nitrogens is 3. The van der Waals surface area contributed by atoms with E-state index in [4.69, 9.17) is 5.26 Å². The number of hydrogen-bond donors (Lipinski definition) is 0.